The summed E-state index contributed by atoms with van der Waals surface area (Å²) in [6.45, 7) is 11.0. The van der Waals surface area contributed by atoms with Crippen LogP contribution in [0.4, 0.5) is 0 Å². The summed E-state index contributed by atoms with van der Waals surface area (Å²) < 4.78 is 6.13. The van der Waals surface area contributed by atoms with Crippen molar-refractivity contribution in [3.05, 3.63) is 136 Å². The van der Waals surface area contributed by atoms with E-state index in [1.165, 1.54) is 9.58 Å². The minimum absolute atomic E-state index is 0.00464. The summed E-state index contributed by atoms with van der Waals surface area (Å²) in [7, 11) is 0. The minimum Gasteiger partial charge on any atom is -0.508 e. The van der Waals surface area contributed by atoms with Gasteiger partial charge >= 0.3 is 0 Å². The standard InChI is InChI=1S/C37H39N11O3/c1-5-46(6-2)20-21-51-32-16-14-31(15-17-32)37(30-10-8-7-9-11-30,33-18-12-28(22-35(33)49)24-38-47-26(3)40-42-44-47)34-19-13-29(23-36(34)50)25-39-48-27(4)41-43-45-48/h7-19,22-25,49-50H,5-6,20-21H2,1-4H3. The first-order chi connectivity index (χ1) is 24.8. The number of aryl methyl sites for hydroxylation is 2. The Morgan fingerprint density at radius 1 is 0.706 bits per heavy atom. The van der Waals surface area contributed by atoms with E-state index in [4.69, 9.17) is 4.74 Å². The number of benzene rings is 4. The summed E-state index contributed by atoms with van der Waals surface area (Å²) in [5, 5.41) is 55.1. The maximum atomic E-state index is 11.9. The molecule has 0 saturated carbocycles. The highest BCUT2D eigenvalue weighted by Gasteiger charge is 2.42. The van der Waals surface area contributed by atoms with Crippen molar-refractivity contribution in [1.82, 2.24) is 45.5 Å². The van der Waals surface area contributed by atoms with Gasteiger partial charge in [0.1, 0.15) is 23.9 Å². The quantitative estimate of drug-likeness (QED) is 0.123. The Bertz CT molecular complexity index is 2020. The second-order valence-electron chi connectivity index (χ2n) is 11.8. The van der Waals surface area contributed by atoms with E-state index in [2.05, 4.69) is 60.0 Å². The molecule has 14 nitrogen and oxygen atoms in total. The summed E-state index contributed by atoms with van der Waals surface area (Å²) in [6, 6.07) is 28.3. The zero-order valence-corrected chi connectivity index (χ0v) is 28.9. The fourth-order valence-electron chi connectivity index (χ4n) is 6.06. The fourth-order valence-corrected chi connectivity index (χ4v) is 6.06. The predicted octanol–water partition coefficient (Wildman–Crippen LogP) is 4.56. The maximum Gasteiger partial charge on any atom is 0.173 e. The highest BCUT2D eigenvalue weighted by atomic mass is 16.5. The van der Waals surface area contributed by atoms with Gasteiger partial charge in [-0.1, -0.05) is 80.6 Å². The molecule has 0 bridgehead atoms. The maximum absolute atomic E-state index is 11.9. The van der Waals surface area contributed by atoms with Crippen LogP contribution in [0.2, 0.25) is 0 Å². The molecule has 0 radical (unpaired) electrons. The van der Waals surface area contributed by atoms with Gasteiger partial charge in [-0.25, -0.2) is 0 Å². The van der Waals surface area contributed by atoms with Crippen LogP contribution in [0.3, 0.4) is 0 Å². The van der Waals surface area contributed by atoms with E-state index in [0.29, 0.717) is 40.5 Å². The van der Waals surface area contributed by atoms with Gasteiger partial charge in [0.15, 0.2) is 11.6 Å². The zero-order chi connectivity index (χ0) is 35.8. The van der Waals surface area contributed by atoms with Crippen LogP contribution in [-0.2, 0) is 5.41 Å². The number of hydrogen-bond donors (Lipinski definition) is 2. The summed E-state index contributed by atoms with van der Waals surface area (Å²) in [6.07, 6.45) is 3.14. The van der Waals surface area contributed by atoms with Crippen molar-refractivity contribution in [2.75, 3.05) is 26.2 Å². The smallest absolute Gasteiger partial charge is 0.173 e. The van der Waals surface area contributed by atoms with Gasteiger partial charge in [-0.2, -0.15) is 10.2 Å². The largest absolute Gasteiger partial charge is 0.508 e. The Labute approximate surface area is 295 Å². The molecule has 0 unspecified atom stereocenters. The van der Waals surface area contributed by atoms with Crippen LogP contribution in [-0.4, -0.2) is 94.4 Å². The Kier molecular flexibility index (Phi) is 10.5. The Balaban J connectivity index is 1.48. The number of aromatic nitrogens is 8. The lowest BCUT2D eigenvalue weighted by atomic mass is 9.64. The van der Waals surface area contributed by atoms with E-state index in [1.807, 2.05) is 78.9 Å². The average molecular weight is 686 g/mol. The highest BCUT2D eigenvalue weighted by molar-refractivity contribution is 5.82. The van der Waals surface area contributed by atoms with Gasteiger partial charge < -0.3 is 19.8 Å². The molecule has 2 N–H and O–H groups in total. The molecule has 4 aromatic carbocycles. The number of rotatable bonds is 14. The number of hydrogen-bond acceptors (Lipinski definition) is 12. The van der Waals surface area contributed by atoms with Crippen LogP contribution in [0.5, 0.6) is 17.2 Å². The van der Waals surface area contributed by atoms with Gasteiger partial charge in [-0.15, -0.1) is 19.8 Å². The third-order valence-corrected chi connectivity index (χ3v) is 8.76. The van der Waals surface area contributed by atoms with Gasteiger partial charge in [0.2, 0.25) is 0 Å². The Morgan fingerprint density at radius 2 is 1.22 bits per heavy atom. The molecule has 0 aliphatic heterocycles. The Hall–Kier alpha value is -6.28. The summed E-state index contributed by atoms with van der Waals surface area (Å²) in [5.41, 5.74) is 2.77. The van der Waals surface area contributed by atoms with Crippen LogP contribution in [0.25, 0.3) is 0 Å². The lowest BCUT2D eigenvalue weighted by molar-refractivity contribution is 0.223. The van der Waals surface area contributed by atoms with E-state index in [1.54, 1.807) is 38.4 Å². The number of likely N-dealkylation sites (N-methyl/N-ethyl adjacent to an activating group) is 1. The topological polar surface area (TPSA) is 165 Å². The van der Waals surface area contributed by atoms with Crippen molar-refractivity contribution in [2.45, 2.75) is 33.1 Å². The number of ether oxygens (including phenoxy) is 1. The third-order valence-electron chi connectivity index (χ3n) is 8.76. The monoisotopic (exact) mass is 685 g/mol. The molecule has 14 heteroatoms. The molecule has 0 amide bonds. The van der Waals surface area contributed by atoms with E-state index >= 15 is 0 Å². The van der Waals surface area contributed by atoms with Crippen molar-refractivity contribution in [3.63, 3.8) is 0 Å². The molecule has 6 aromatic rings. The van der Waals surface area contributed by atoms with Gasteiger partial charge in [0.05, 0.1) is 17.8 Å². The number of phenolic OH excluding ortho intramolecular Hbond substituents is 2. The van der Waals surface area contributed by atoms with E-state index in [-0.39, 0.29) is 11.5 Å². The van der Waals surface area contributed by atoms with Crippen molar-refractivity contribution < 1.29 is 14.9 Å². The van der Waals surface area contributed by atoms with Crippen LogP contribution >= 0.6 is 0 Å². The minimum atomic E-state index is -1.18. The molecule has 2 heterocycles. The third kappa shape index (κ3) is 7.35. The fraction of sp³-hybridized carbons (Fsp3) is 0.243. The van der Waals surface area contributed by atoms with Crippen molar-refractivity contribution in [1.29, 1.82) is 0 Å². The van der Waals surface area contributed by atoms with Gasteiger partial charge in [0.25, 0.3) is 0 Å². The van der Waals surface area contributed by atoms with Crippen LogP contribution in [0.15, 0.2) is 101 Å². The molecule has 260 valence electrons. The number of phenols is 2. The molecular formula is C37H39N11O3. The Morgan fingerprint density at radius 3 is 1.67 bits per heavy atom. The second kappa shape index (κ2) is 15.5. The SMILES string of the molecule is CCN(CC)CCOc1ccc(C(c2ccccc2)(c2ccc(C=Nn3nnnc3C)cc2O)c2ccc(C=Nn3nnnc3C)cc2O)cc1. The zero-order valence-electron chi connectivity index (χ0n) is 28.9. The van der Waals surface area contributed by atoms with Crippen LogP contribution in [0.1, 0.15) is 58.9 Å². The first-order valence-electron chi connectivity index (χ1n) is 16.6. The van der Waals surface area contributed by atoms with Crippen molar-refractivity contribution >= 4 is 12.4 Å². The molecule has 0 aliphatic carbocycles. The lowest BCUT2D eigenvalue weighted by Gasteiger charge is -2.37. The molecule has 2 aromatic heterocycles. The normalized spacial score (nSPS) is 13.0. The number of tetrazole rings is 2. The van der Waals surface area contributed by atoms with Gasteiger partial charge in [-0.3, -0.25) is 0 Å². The lowest BCUT2D eigenvalue weighted by Crippen LogP contribution is -2.31. The van der Waals surface area contributed by atoms with E-state index in [0.717, 1.165) is 36.5 Å². The molecular weight excluding hydrogens is 646 g/mol. The summed E-state index contributed by atoms with van der Waals surface area (Å²) >= 11 is 0. The average Bonchev–Trinajstić information content (AvgIpc) is 3.77. The van der Waals surface area contributed by atoms with Gasteiger partial charge in [0, 0.05) is 17.7 Å². The van der Waals surface area contributed by atoms with E-state index < -0.39 is 5.41 Å². The van der Waals surface area contributed by atoms with E-state index in [9.17, 15) is 10.2 Å². The number of aromatic hydroxyl groups is 2. The second-order valence-corrected chi connectivity index (χ2v) is 11.8. The molecule has 51 heavy (non-hydrogen) atoms. The first kappa shape index (κ1) is 34.6. The molecule has 0 aliphatic rings. The van der Waals surface area contributed by atoms with Crippen LogP contribution < -0.4 is 4.74 Å². The summed E-state index contributed by atoms with van der Waals surface area (Å²) in [4.78, 5) is 4.90. The van der Waals surface area contributed by atoms with Crippen LogP contribution in [0, 0.1) is 13.8 Å². The molecule has 0 spiro atoms. The summed E-state index contributed by atoms with van der Waals surface area (Å²) in [5.74, 6) is 1.75. The first-order valence-corrected chi connectivity index (χ1v) is 16.6. The molecule has 0 fully saturated rings. The van der Waals surface area contributed by atoms with Crippen molar-refractivity contribution in [2.24, 2.45) is 10.2 Å². The molecule has 0 saturated heterocycles. The molecule has 0 atom stereocenters. The number of nitrogens with zero attached hydrogens (tertiary/aromatic N) is 11. The molecule has 6 rings (SSSR count). The van der Waals surface area contributed by atoms with Gasteiger partial charge in [-0.05, 0) is 94.3 Å². The predicted molar refractivity (Wildman–Crippen MR) is 192 cm³/mol. The van der Waals surface area contributed by atoms with Crippen molar-refractivity contribution in [3.8, 4) is 17.2 Å². The highest BCUT2D eigenvalue weighted by Crippen LogP contribution is 2.51.